The Bertz CT molecular complexity index is 1330. The minimum Gasteiger partial charge on any atom is -0.354 e. The van der Waals surface area contributed by atoms with Crippen molar-refractivity contribution in [1.29, 1.82) is 0 Å². The zero-order chi connectivity index (χ0) is 26.8. The Kier molecular flexibility index (Phi) is 6.07. The monoisotopic (exact) mass is 532 g/mol. The lowest BCUT2D eigenvalue weighted by Crippen LogP contribution is -2.29. The minimum atomic E-state index is -3.01. The third-order valence-corrected chi connectivity index (χ3v) is 6.27. The van der Waals surface area contributed by atoms with Gasteiger partial charge in [-0.1, -0.05) is 12.1 Å². The van der Waals surface area contributed by atoms with Crippen molar-refractivity contribution in [3.8, 4) is 11.1 Å². The molecule has 37 heavy (non-hydrogen) atoms. The van der Waals surface area contributed by atoms with E-state index in [9.17, 15) is 43.9 Å². The summed E-state index contributed by atoms with van der Waals surface area (Å²) in [5.74, 6) is -12.4. The lowest BCUT2D eigenvalue weighted by atomic mass is 10.0. The molecule has 0 saturated heterocycles. The zero-order valence-corrected chi connectivity index (χ0v) is 18.3. The second kappa shape index (κ2) is 9.00. The number of anilines is 2. The highest BCUT2D eigenvalue weighted by molar-refractivity contribution is 5.81. The van der Waals surface area contributed by atoms with E-state index in [2.05, 4.69) is 10.6 Å². The standard InChI is InChI=1S/C25H14F10N2/c26-14-16(28)20(32)24(21(33)17(14)29)36-10-1-3-12-8(6-10)5-9-7-11(2-4-13(9)12)37-25-22(34)18(30)15(27)19(31)23(25)35/h1-4,6-7,16,18,20,22,36-37H,5H2. The molecule has 2 N–H and O–H groups in total. The summed E-state index contributed by atoms with van der Waals surface area (Å²) in [4.78, 5) is 0. The summed E-state index contributed by atoms with van der Waals surface area (Å²) in [5.41, 5.74) is 0.384. The predicted molar refractivity (Wildman–Crippen MR) is 116 cm³/mol. The molecule has 0 saturated carbocycles. The molecule has 12 heteroatoms. The first-order valence-electron chi connectivity index (χ1n) is 10.8. The van der Waals surface area contributed by atoms with Crippen LogP contribution in [0.3, 0.4) is 0 Å². The highest BCUT2D eigenvalue weighted by Crippen LogP contribution is 2.42. The van der Waals surface area contributed by atoms with Gasteiger partial charge in [0.1, 0.15) is 0 Å². The molecule has 2 aromatic rings. The number of alkyl halides is 4. The fraction of sp³-hybridized carbons (Fsp3) is 0.200. The van der Waals surface area contributed by atoms with Gasteiger partial charge in [-0.05, 0) is 52.9 Å². The second-order valence-electron chi connectivity index (χ2n) is 8.56. The van der Waals surface area contributed by atoms with E-state index >= 15 is 0 Å². The van der Waals surface area contributed by atoms with Crippen molar-refractivity contribution in [2.75, 3.05) is 10.6 Å². The molecule has 0 aromatic heterocycles. The summed E-state index contributed by atoms with van der Waals surface area (Å²) in [6.45, 7) is 0. The fourth-order valence-electron chi connectivity index (χ4n) is 4.40. The Hall–Kier alpha value is -3.70. The summed E-state index contributed by atoms with van der Waals surface area (Å²) in [6.07, 6.45) is -11.4. The minimum absolute atomic E-state index is 0.0491. The molecule has 4 atom stereocenters. The van der Waals surface area contributed by atoms with Crippen molar-refractivity contribution < 1.29 is 43.9 Å². The van der Waals surface area contributed by atoms with Gasteiger partial charge in [0.05, 0.1) is 11.4 Å². The summed E-state index contributed by atoms with van der Waals surface area (Å²) in [5, 5.41) is 4.49. The molecule has 4 unspecified atom stereocenters. The number of fused-ring (bicyclic) bond motifs is 3. The van der Waals surface area contributed by atoms with Crippen molar-refractivity contribution in [3.63, 3.8) is 0 Å². The molecule has 2 nitrogen and oxygen atoms in total. The molecule has 0 radical (unpaired) electrons. The molecule has 2 aromatic carbocycles. The topological polar surface area (TPSA) is 24.1 Å². The van der Waals surface area contributed by atoms with Crippen LogP contribution in [0.25, 0.3) is 11.1 Å². The number of nitrogens with one attached hydrogen (secondary N) is 2. The van der Waals surface area contributed by atoms with Crippen LogP contribution >= 0.6 is 0 Å². The van der Waals surface area contributed by atoms with Crippen LogP contribution in [0.15, 0.2) is 82.8 Å². The molecular formula is C25H14F10N2. The Morgan fingerprint density at radius 3 is 1.27 bits per heavy atom. The van der Waals surface area contributed by atoms with Gasteiger partial charge in [-0.2, -0.15) is 0 Å². The van der Waals surface area contributed by atoms with E-state index in [1.807, 2.05) is 0 Å². The Labute approximate surface area is 202 Å². The van der Waals surface area contributed by atoms with Crippen molar-refractivity contribution in [3.05, 3.63) is 93.9 Å². The quantitative estimate of drug-likeness (QED) is 0.332. The van der Waals surface area contributed by atoms with E-state index in [-0.39, 0.29) is 17.8 Å². The van der Waals surface area contributed by atoms with Gasteiger partial charge in [0.25, 0.3) is 0 Å². The van der Waals surface area contributed by atoms with E-state index < -0.39 is 71.0 Å². The second-order valence-corrected chi connectivity index (χ2v) is 8.56. The first-order chi connectivity index (χ1) is 17.5. The van der Waals surface area contributed by atoms with Crippen LogP contribution < -0.4 is 10.6 Å². The van der Waals surface area contributed by atoms with Crippen LogP contribution in [0.4, 0.5) is 55.3 Å². The van der Waals surface area contributed by atoms with E-state index in [1.165, 1.54) is 24.3 Å². The molecule has 0 fully saturated rings. The van der Waals surface area contributed by atoms with Crippen molar-refractivity contribution in [1.82, 2.24) is 0 Å². The van der Waals surface area contributed by atoms with Gasteiger partial charge in [-0.3, -0.25) is 0 Å². The number of allylic oxidation sites excluding steroid dienone is 8. The average Bonchev–Trinajstić information content (AvgIpc) is 3.25. The smallest absolute Gasteiger partial charge is 0.195 e. The van der Waals surface area contributed by atoms with Crippen LogP contribution in [0.2, 0.25) is 0 Å². The fourth-order valence-corrected chi connectivity index (χ4v) is 4.40. The highest BCUT2D eigenvalue weighted by Gasteiger charge is 2.41. The summed E-state index contributed by atoms with van der Waals surface area (Å²) < 4.78 is 137. The normalized spacial score (nSPS) is 25.6. The molecule has 0 bridgehead atoms. The van der Waals surface area contributed by atoms with E-state index in [0.29, 0.717) is 22.3 Å². The number of benzene rings is 2. The Morgan fingerprint density at radius 1 is 0.514 bits per heavy atom. The average molecular weight is 532 g/mol. The third kappa shape index (κ3) is 3.98. The van der Waals surface area contributed by atoms with Gasteiger partial charge in [-0.15, -0.1) is 0 Å². The van der Waals surface area contributed by atoms with Gasteiger partial charge in [0.2, 0.25) is 0 Å². The lowest BCUT2D eigenvalue weighted by molar-refractivity contribution is 0.183. The molecule has 0 amide bonds. The molecule has 3 aliphatic carbocycles. The van der Waals surface area contributed by atoms with E-state index in [0.717, 1.165) is 0 Å². The summed E-state index contributed by atoms with van der Waals surface area (Å²) >= 11 is 0. The van der Waals surface area contributed by atoms with Gasteiger partial charge >= 0.3 is 0 Å². The van der Waals surface area contributed by atoms with E-state index in [1.54, 1.807) is 12.1 Å². The molecule has 0 spiro atoms. The summed E-state index contributed by atoms with van der Waals surface area (Å²) in [6, 6.07) is 8.70. The maximum atomic E-state index is 14.1. The van der Waals surface area contributed by atoms with Crippen LogP contribution in [-0.4, -0.2) is 24.7 Å². The molecular weight excluding hydrogens is 518 g/mol. The van der Waals surface area contributed by atoms with Crippen LogP contribution in [-0.2, 0) is 6.42 Å². The third-order valence-electron chi connectivity index (χ3n) is 6.27. The van der Waals surface area contributed by atoms with Crippen LogP contribution in [0.5, 0.6) is 0 Å². The summed E-state index contributed by atoms with van der Waals surface area (Å²) in [7, 11) is 0. The first kappa shape index (κ1) is 25.0. The van der Waals surface area contributed by atoms with Gasteiger partial charge < -0.3 is 10.6 Å². The van der Waals surface area contributed by atoms with Gasteiger partial charge in [-0.25, -0.2) is 43.9 Å². The largest absolute Gasteiger partial charge is 0.354 e. The SMILES string of the molecule is FC1=C(F)C(F)C(F)C(Nc2ccc3c(c2)Cc2cc(NC4=C(F)C(F)=C(F)C(F)C4F)ccc2-3)=C1F. The Balaban J connectivity index is 1.40. The van der Waals surface area contributed by atoms with Gasteiger partial charge in [0, 0.05) is 11.4 Å². The number of halogens is 10. The maximum Gasteiger partial charge on any atom is 0.195 e. The number of hydrogen-bond acceptors (Lipinski definition) is 2. The van der Waals surface area contributed by atoms with Crippen LogP contribution in [0, 0.1) is 0 Å². The lowest BCUT2D eigenvalue weighted by Gasteiger charge is -2.23. The Morgan fingerprint density at radius 2 is 0.892 bits per heavy atom. The number of hydrogen-bond donors (Lipinski definition) is 2. The maximum absolute atomic E-state index is 14.1. The van der Waals surface area contributed by atoms with Crippen molar-refractivity contribution in [2.24, 2.45) is 0 Å². The van der Waals surface area contributed by atoms with Crippen LogP contribution in [0.1, 0.15) is 11.1 Å². The molecule has 5 rings (SSSR count). The van der Waals surface area contributed by atoms with E-state index in [4.69, 9.17) is 0 Å². The highest BCUT2D eigenvalue weighted by atomic mass is 19.2. The molecule has 194 valence electrons. The predicted octanol–water partition coefficient (Wildman–Crippen LogP) is 8.12. The van der Waals surface area contributed by atoms with Crippen molar-refractivity contribution in [2.45, 2.75) is 31.1 Å². The number of rotatable bonds is 4. The molecule has 3 aliphatic rings. The first-order valence-corrected chi connectivity index (χ1v) is 10.8. The van der Waals surface area contributed by atoms with Crippen molar-refractivity contribution >= 4 is 11.4 Å². The zero-order valence-electron chi connectivity index (χ0n) is 18.3. The van der Waals surface area contributed by atoms with Gasteiger partial charge in [0.15, 0.2) is 59.6 Å². The molecule has 0 aliphatic heterocycles. The molecule has 0 heterocycles.